The van der Waals surface area contributed by atoms with Crippen molar-refractivity contribution in [3.05, 3.63) is 0 Å². The zero-order chi connectivity index (χ0) is 12.7. The van der Waals surface area contributed by atoms with E-state index in [-0.39, 0.29) is 5.91 Å². The number of likely N-dealkylation sites (tertiary alicyclic amines) is 1. The molecular weight excluding hydrogens is 216 g/mol. The van der Waals surface area contributed by atoms with E-state index in [1.54, 1.807) is 0 Å². The molecule has 1 saturated heterocycles. The molecule has 1 heterocycles. The van der Waals surface area contributed by atoms with Crippen molar-refractivity contribution in [2.45, 2.75) is 38.6 Å². The fourth-order valence-electron chi connectivity index (χ4n) is 2.29. The first-order valence-corrected chi connectivity index (χ1v) is 6.67. The normalized spacial score (nSPS) is 21.5. The maximum Gasteiger partial charge on any atom is 0.224 e. The fourth-order valence-corrected chi connectivity index (χ4v) is 2.29. The molecule has 1 atom stereocenters. The minimum atomic E-state index is 0.192. The van der Waals surface area contributed by atoms with Gasteiger partial charge in [-0.05, 0) is 33.4 Å². The number of carbonyl (C=O) groups is 1. The number of hydrogen-bond donors (Lipinski definition) is 0. The van der Waals surface area contributed by atoms with E-state index in [2.05, 4.69) is 11.9 Å². The van der Waals surface area contributed by atoms with Crippen LogP contribution in [0.25, 0.3) is 0 Å². The van der Waals surface area contributed by atoms with Gasteiger partial charge in [-0.15, -0.1) is 0 Å². The van der Waals surface area contributed by atoms with Gasteiger partial charge in [0.25, 0.3) is 0 Å². The highest BCUT2D eigenvalue weighted by Gasteiger charge is 2.21. The SMILES string of the molecule is CCOCCC(=O)N(C)C[C@@H]1CCCCN1C. The van der Waals surface area contributed by atoms with Crippen molar-refractivity contribution in [1.82, 2.24) is 9.80 Å². The molecule has 100 valence electrons. The first kappa shape index (κ1) is 14.5. The number of amides is 1. The Hall–Kier alpha value is -0.610. The smallest absolute Gasteiger partial charge is 0.224 e. The average Bonchev–Trinajstić information content (AvgIpc) is 2.32. The molecule has 1 amide bonds. The summed E-state index contributed by atoms with van der Waals surface area (Å²) in [6.45, 7) is 5.18. The zero-order valence-electron chi connectivity index (χ0n) is 11.4. The molecule has 0 N–H and O–H groups in total. The van der Waals surface area contributed by atoms with Crippen molar-refractivity contribution < 1.29 is 9.53 Å². The molecule has 1 fully saturated rings. The van der Waals surface area contributed by atoms with Crippen LogP contribution in [0.2, 0.25) is 0 Å². The molecule has 4 nitrogen and oxygen atoms in total. The van der Waals surface area contributed by atoms with E-state index < -0.39 is 0 Å². The average molecular weight is 242 g/mol. The minimum Gasteiger partial charge on any atom is -0.381 e. The second-order valence-electron chi connectivity index (χ2n) is 4.85. The van der Waals surface area contributed by atoms with E-state index in [0.29, 0.717) is 25.7 Å². The summed E-state index contributed by atoms with van der Waals surface area (Å²) in [5.74, 6) is 0.192. The van der Waals surface area contributed by atoms with Gasteiger partial charge >= 0.3 is 0 Å². The van der Waals surface area contributed by atoms with E-state index >= 15 is 0 Å². The van der Waals surface area contributed by atoms with Crippen LogP contribution >= 0.6 is 0 Å². The molecule has 0 radical (unpaired) electrons. The fraction of sp³-hybridized carbons (Fsp3) is 0.923. The zero-order valence-corrected chi connectivity index (χ0v) is 11.4. The Labute approximate surface area is 105 Å². The van der Waals surface area contributed by atoms with Gasteiger partial charge in [0.1, 0.15) is 0 Å². The van der Waals surface area contributed by atoms with Crippen LogP contribution in [0.4, 0.5) is 0 Å². The van der Waals surface area contributed by atoms with Gasteiger partial charge in [0.15, 0.2) is 0 Å². The van der Waals surface area contributed by atoms with Crippen molar-refractivity contribution >= 4 is 5.91 Å². The molecule has 1 aliphatic rings. The molecule has 0 unspecified atom stereocenters. The van der Waals surface area contributed by atoms with E-state index in [9.17, 15) is 4.79 Å². The van der Waals surface area contributed by atoms with Gasteiger partial charge in [-0.3, -0.25) is 4.79 Å². The first-order chi connectivity index (χ1) is 8.15. The Morgan fingerprint density at radius 3 is 2.88 bits per heavy atom. The lowest BCUT2D eigenvalue weighted by atomic mass is 10.0. The molecular formula is C13H26N2O2. The van der Waals surface area contributed by atoms with Crippen molar-refractivity contribution in [2.24, 2.45) is 0 Å². The quantitative estimate of drug-likeness (QED) is 0.659. The third-order valence-corrected chi connectivity index (χ3v) is 3.50. The highest BCUT2D eigenvalue weighted by molar-refractivity contribution is 5.75. The van der Waals surface area contributed by atoms with Crippen molar-refractivity contribution in [2.75, 3.05) is 40.4 Å². The summed E-state index contributed by atoms with van der Waals surface area (Å²) in [7, 11) is 4.05. The van der Waals surface area contributed by atoms with E-state index in [4.69, 9.17) is 4.74 Å². The van der Waals surface area contributed by atoms with Crippen molar-refractivity contribution in [3.8, 4) is 0 Å². The number of carbonyl (C=O) groups excluding carboxylic acids is 1. The number of likely N-dealkylation sites (N-methyl/N-ethyl adjacent to an activating group) is 2. The standard InChI is InChI=1S/C13H26N2O2/c1-4-17-10-8-13(16)15(3)11-12-7-5-6-9-14(12)2/h12H,4-11H2,1-3H3/t12-/m0/s1. The van der Waals surface area contributed by atoms with Gasteiger partial charge < -0.3 is 14.5 Å². The van der Waals surface area contributed by atoms with E-state index in [0.717, 1.165) is 13.1 Å². The lowest BCUT2D eigenvalue weighted by molar-refractivity contribution is -0.131. The van der Waals surface area contributed by atoms with Gasteiger partial charge in [0.05, 0.1) is 13.0 Å². The third kappa shape index (κ3) is 5.04. The Morgan fingerprint density at radius 2 is 2.24 bits per heavy atom. The summed E-state index contributed by atoms with van der Waals surface area (Å²) in [4.78, 5) is 16.0. The summed E-state index contributed by atoms with van der Waals surface area (Å²) in [6.07, 6.45) is 4.28. The molecule has 17 heavy (non-hydrogen) atoms. The molecule has 0 saturated carbocycles. The Balaban J connectivity index is 2.26. The van der Waals surface area contributed by atoms with Gasteiger partial charge in [0.2, 0.25) is 5.91 Å². The van der Waals surface area contributed by atoms with Crippen LogP contribution < -0.4 is 0 Å². The summed E-state index contributed by atoms with van der Waals surface area (Å²) < 4.78 is 5.21. The molecule has 0 aromatic carbocycles. The minimum absolute atomic E-state index is 0.192. The number of hydrogen-bond acceptors (Lipinski definition) is 3. The first-order valence-electron chi connectivity index (χ1n) is 6.67. The predicted molar refractivity (Wildman–Crippen MR) is 69.0 cm³/mol. The Morgan fingerprint density at radius 1 is 1.47 bits per heavy atom. The topological polar surface area (TPSA) is 32.8 Å². The summed E-state index contributed by atoms with van der Waals surface area (Å²) in [6, 6.07) is 0.532. The highest BCUT2D eigenvalue weighted by atomic mass is 16.5. The van der Waals surface area contributed by atoms with Crippen molar-refractivity contribution in [3.63, 3.8) is 0 Å². The van der Waals surface area contributed by atoms with Gasteiger partial charge in [0, 0.05) is 26.2 Å². The number of piperidine rings is 1. The predicted octanol–water partition coefficient (Wildman–Crippen LogP) is 1.36. The molecule has 0 aromatic heterocycles. The molecule has 0 bridgehead atoms. The maximum atomic E-state index is 11.8. The molecule has 4 heteroatoms. The van der Waals surface area contributed by atoms with Crippen LogP contribution in [-0.2, 0) is 9.53 Å². The van der Waals surface area contributed by atoms with Crippen LogP contribution in [-0.4, -0.2) is 62.1 Å². The molecule has 0 aliphatic carbocycles. The monoisotopic (exact) mass is 242 g/mol. The second kappa shape index (κ2) is 7.67. The largest absolute Gasteiger partial charge is 0.381 e. The Bertz CT molecular complexity index is 233. The lowest BCUT2D eigenvalue weighted by Crippen LogP contribution is -2.45. The molecule has 1 aliphatic heterocycles. The molecule has 1 rings (SSSR count). The summed E-state index contributed by atoms with van der Waals surface area (Å²) in [5.41, 5.74) is 0. The molecule has 0 aromatic rings. The van der Waals surface area contributed by atoms with Crippen LogP contribution in [0, 0.1) is 0 Å². The van der Waals surface area contributed by atoms with Crippen LogP contribution in [0.5, 0.6) is 0 Å². The summed E-state index contributed by atoms with van der Waals surface area (Å²) >= 11 is 0. The van der Waals surface area contributed by atoms with Gasteiger partial charge in [-0.2, -0.15) is 0 Å². The van der Waals surface area contributed by atoms with Crippen molar-refractivity contribution in [1.29, 1.82) is 0 Å². The maximum absolute atomic E-state index is 11.8. The number of nitrogens with zero attached hydrogens (tertiary/aromatic N) is 2. The van der Waals surface area contributed by atoms with E-state index in [1.165, 1.54) is 19.3 Å². The number of ether oxygens (including phenoxy) is 1. The lowest BCUT2D eigenvalue weighted by Gasteiger charge is -2.35. The van der Waals surface area contributed by atoms with Crippen LogP contribution in [0.1, 0.15) is 32.6 Å². The second-order valence-corrected chi connectivity index (χ2v) is 4.85. The molecule has 0 spiro atoms. The van der Waals surface area contributed by atoms with Crippen LogP contribution in [0.15, 0.2) is 0 Å². The van der Waals surface area contributed by atoms with Crippen LogP contribution in [0.3, 0.4) is 0 Å². The number of rotatable bonds is 6. The van der Waals surface area contributed by atoms with Gasteiger partial charge in [-0.1, -0.05) is 6.42 Å². The summed E-state index contributed by atoms with van der Waals surface area (Å²) in [5, 5.41) is 0. The van der Waals surface area contributed by atoms with E-state index in [1.807, 2.05) is 18.9 Å². The Kier molecular flexibility index (Phi) is 6.52. The van der Waals surface area contributed by atoms with Gasteiger partial charge in [-0.25, -0.2) is 0 Å². The highest BCUT2D eigenvalue weighted by Crippen LogP contribution is 2.15. The third-order valence-electron chi connectivity index (χ3n) is 3.50.